The third-order valence-corrected chi connectivity index (χ3v) is 2.97. The summed E-state index contributed by atoms with van der Waals surface area (Å²) in [6, 6.07) is 9.61. The number of nitrogens with zero attached hydrogens (tertiary/aromatic N) is 2. The molecule has 0 aliphatic heterocycles. The molecule has 0 saturated carbocycles. The Morgan fingerprint density at radius 2 is 1.81 bits per heavy atom. The third-order valence-electron chi connectivity index (χ3n) is 1.70. The van der Waals surface area contributed by atoms with Crippen LogP contribution in [-0.4, -0.2) is 23.4 Å². The number of hydrogen-bond acceptors (Lipinski definition) is 5. The maximum Gasteiger partial charge on any atom is 0.294 e. The summed E-state index contributed by atoms with van der Waals surface area (Å²) in [7, 11) is 0. The maximum absolute atomic E-state index is 5.45. The van der Waals surface area contributed by atoms with Crippen LogP contribution >= 0.6 is 27.3 Å². The van der Waals surface area contributed by atoms with Crippen molar-refractivity contribution in [2.24, 2.45) is 0 Å². The van der Waals surface area contributed by atoms with Gasteiger partial charge in [-0.15, -0.1) is 5.10 Å². The van der Waals surface area contributed by atoms with Crippen molar-refractivity contribution in [2.75, 3.05) is 13.2 Å². The summed E-state index contributed by atoms with van der Waals surface area (Å²) >= 11 is 4.56. The Morgan fingerprint density at radius 1 is 1.06 bits per heavy atom. The average molecular weight is 301 g/mol. The molecule has 4 nitrogen and oxygen atoms in total. The van der Waals surface area contributed by atoms with Crippen molar-refractivity contribution in [3.8, 4) is 10.9 Å². The van der Waals surface area contributed by atoms with Gasteiger partial charge in [0.05, 0.1) is 0 Å². The van der Waals surface area contributed by atoms with Gasteiger partial charge in [-0.3, -0.25) is 0 Å². The van der Waals surface area contributed by atoms with Gasteiger partial charge < -0.3 is 9.47 Å². The summed E-state index contributed by atoms with van der Waals surface area (Å²) in [6.45, 7) is 0.942. The van der Waals surface area contributed by atoms with Crippen molar-refractivity contribution in [3.63, 3.8) is 0 Å². The highest BCUT2D eigenvalue weighted by Gasteiger charge is 2.01. The average Bonchev–Trinajstić information content (AvgIpc) is 2.72. The van der Waals surface area contributed by atoms with Crippen molar-refractivity contribution < 1.29 is 9.47 Å². The zero-order chi connectivity index (χ0) is 11.2. The molecule has 16 heavy (non-hydrogen) atoms. The molecule has 0 unspecified atom stereocenters. The van der Waals surface area contributed by atoms with E-state index in [0.717, 1.165) is 5.75 Å². The lowest BCUT2D eigenvalue weighted by Crippen LogP contribution is -2.08. The van der Waals surface area contributed by atoms with Gasteiger partial charge in [-0.05, 0) is 39.4 Å². The lowest BCUT2D eigenvalue weighted by atomic mass is 10.3. The summed E-state index contributed by atoms with van der Waals surface area (Å²) < 4.78 is 11.5. The second-order valence-corrected chi connectivity index (χ2v) is 5.05. The topological polar surface area (TPSA) is 44.2 Å². The van der Waals surface area contributed by atoms with Crippen LogP contribution in [0.3, 0.4) is 0 Å². The van der Waals surface area contributed by atoms with Crippen LogP contribution in [0.25, 0.3) is 0 Å². The van der Waals surface area contributed by atoms with E-state index in [4.69, 9.17) is 9.47 Å². The third kappa shape index (κ3) is 3.46. The lowest BCUT2D eigenvalue weighted by Gasteiger charge is -2.05. The summed E-state index contributed by atoms with van der Waals surface area (Å²) in [6.07, 6.45) is 0. The van der Waals surface area contributed by atoms with Crippen molar-refractivity contribution in [1.82, 2.24) is 10.2 Å². The fraction of sp³-hybridized carbons (Fsp3) is 0.200. The highest BCUT2D eigenvalue weighted by atomic mass is 79.9. The zero-order valence-electron chi connectivity index (χ0n) is 8.30. The predicted molar refractivity (Wildman–Crippen MR) is 65.0 cm³/mol. The van der Waals surface area contributed by atoms with Crippen molar-refractivity contribution in [1.29, 1.82) is 0 Å². The minimum atomic E-state index is 0.455. The normalized spacial score (nSPS) is 10.1. The van der Waals surface area contributed by atoms with Crippen LogP contribution in [0, 0.1) is 0 Å². The fourth-order valence-electron chi connectivity index (χ4n) is 1.06. The number of aromatic nitrogens is 2. The van der Waals surface area contributed by atoms with Crippen LogP contribution in [-0.2, 0) is 0 Å². The molecule has 1 aromatic heterocycles. The second-order valence-electron chi connectivity index (χ2n) is 2.83. The van der Waals surface area contributed by atoms with Crippen LogP contribution in [0.4, 0.5) is 0 Å². The van der Waals surface area contributed by atoms with Gasteiger partial charge in [0.15, 0.2) is 3.92 Å². The van der Waals surface area contributed by atoms with E-state index in [0.29, 0.717) is 22.3 Å². The Balaban J connectivity index is 1.69. The monoisotopic (exact) mass is 300 g/mol. The molecule has 0 fully saturated rings. The van der Waals surface area contributed by atoms with Crippen LogP contribution in [0.15, 0.2) is 34.2 Å². The van der Waals surface area contributed by atoms with Crippen molar-refractivity contribution in [2.45, 2.75) is 0 Å². The lowest BCUT2D eigenvalue weighted by molar-refractivity contribution is 0.215. The van der Waals surface area contributed by atoms with Gasteiger partial charge in [-0.1, -0.05) is 23.3 Å². The van der Waals surface area contributed by atoms with Gasteiger partial charge in [0.2, 0.25) is 0 Å². The van der Waals surface area contributed by atoms with Crippen LogP contribution in [0.5, 0.6) is 10.9 Å². The number of rotatable bonds is 5. The molecule has 0 saturated heterocycles. The van der Waals surface area contributed by atoms with Gasteiger partial charge in [0, 0.05) is 0 Å². The van der Waals surface area contributed by atoms with Crippen molar-refractivity contribution >= 4 is 27.3 Å². The SMILES string of the molecule is Brc1nnc(OCCOc2ccccc2)s1. The van der Waals surface area contributed by atoms with E-state index in [2.05, 4.69) is 26.1 Å². The molecule has 0 radical (unpaired) electrons. The molecule has 0 aliphatic rings. The van der Waals surface area contributed by atoms with Crippen LogP contribution < -0.4 is 9.47 Å². The van der Waals surface area contributed by atoms with Gasteiger partial charge in [0.1, 0.15) is 19.0 Å². The molecule has 1 aromatic carbocycles. The number of benzene rings is 1. The van der Waals surface area contributed by atoms with E-state index in [-0.39, 0.29) is 0 Å². The first-order valence-corrected chi connectivity index (χ1v) is 6.25. The van der Waals surface area contributed by atoms with E-state index in [9.17, 15) is 0 Å². The molecular formula is C10H9BrN2O2S. The van der Waals surface area contributed by atoms with Gasteiger partial charge in [-0.2, -0.15) is 0 Å². The Bertz CT molecular complexity index is 435. The molecule has 84 valence electrons. The minimum Gasteiger partial charge on any atom is -0.490 e. The summed E-state index contributed by atoms with van der Waals surface area (Å²) in [5.74, 6) is 0.838. The largest absolute Gasteiger partial charge is 0.490 e. The minimum absolute atomic E-state index is 0.455. The Hall–Kier alpha value is -1.14. The number of ether oxygens (including phenoxy) is 2. The first-order chi connectivity index (χ1) is 7.84. The number of halogens is 1. The molecule has 0 bridgehead atoms. The Labute approximate surface area is 105 Å². The molecule has 2 aromatic rings. The first-order valence-electron chi connectivity index (χ1n) is 4.64. The zero-order valence-corrected chi connectivity index (χ0v) is 10.7. The quantitative estimate of drug-likeness (QED) is 0.797. The van der Waals surface area contributed by atoms with E-state index in [1.165, 1.54) is 11.3 Å². The number of hydrogen-bond donors (Lipinski definition) is 0. The van der Waals surface area contributed by atoms with E-state index < -0.39 is 0 Å². The van der Waals surface area contributed by atoms with Crippen LogP contribution in [0.2, 0.25) is 0 Å². The smallest absolute Gasteiger partial charge is 0.294 e. The molecule has 0 spiro atoms. The molecule has 2 rings (SSSR count). The molecule has 0 N–H and O–H groups in total. The molecule has 1 heterocycles. The molecular weight excluding hydrogens is 292 g/mol. The van der Waals surface area contributed by atoms with E-state index in [1.807, 2.05) is 30.3 Å². The molecule has 0 aliphatic carbocycles. The molecule has 6 heteroatoms. The predicted octanol–water partition coefficient (Wildman–Crippen LogP) is 2.76. The van der Waals surface area contributed by atoms with Gasteiger partial charge in [-0.25, -0.2) is 0 Å². The maximum atomic E-state index is 5.45. The summed E-state index contributed by atoms with van der Waals surface area (Å²) in [4.78, 5) is 0. The Kier molecular flexibility index (Phi) is 4.12. The van der Waals surface area contributed by atoms with Gasteiger partial charge in [0.25, 0.3) is 5.19 Å². The van der Waals surface area contributed by atoms with Crippen LogP contribution in [0.1, 0.15) is 0 Å². The second kappa shape index (κ2) is 5.81. The summed E-state index contributed by atoms with van der Waals surface area (Å²) in [5, 5.41) is 8.12. The number of para-hydroxylation sites is 1. The highest BCUT2D eigenvalue weighted by molar-refractivity contribution is 9.11. The highest BCUT2D eigenvalue weighted by Crippen LogP contribution is 2.21. The van der Waals surface area contributed by atoms with E-state index >= 15 is 0 Å². The first kappa shape index (κ1) is 11.3. The fourth-order valence-corrected chi connectivity index (χ4v) is 2.00. The van der Waals surface area contributed by atoms with E-state index in [1.54, 1.807) is 0 Å². The standard InChI is InChI=1S/C10H9BrN2O2S/c11-9-12-13-10(16-9)15-7-6-14-8-4-2-1-3-5-8/h1-5H,6-7H2. The van der Waals surface area contributed by atoms with Crippen molar-refractivity contribution in [3.05, 3.63) is 34.2 Å². The summed E-state index contributed by atoms with van der Waals surface area (Å²) in [5.41, 5.74) is 0. The molecule has 0 atom stereocenters. The van der Waals surface area contributed by atoms with Gasteiger partial charge >= 0.3 is 0 Å². The Morgan fingerprint density at radius 3 is 2.50 bits per heavy atom. The molecule has 0 amide bonds.